The number of hydrogen-bond acceptors (Lipinski definition) is 7. The van der Waals surface area contributed by atoms with Crippen LogP contribution in [0.4, 0.5) is 5.82 Å². The summed E-state index contributed by atoms with van der Waals surface area (Å²) in [6.45, 7) is 1.67. The Labute approximate surface area is 107 Å². The van der Waals surface area contributed by atoms with Gasteiger partial charge in [0.15, 0.2) is 11.6 Å². The van der Waals surface area contributed by atoms with Gasteiger partial charge in [-0.05, 0) is 6.92 Å². The summed E-state index contributed by atoms with van der Waals surface area (Å²) >= 11 is 0. The highest BCUT2D eigenvalue weighted by molar-refractivity contribution is 7.51. The van der Waals surface area contributed by atoms with E-state index in [9.17, 15) is 4.57 Å². The molecule has 11 heteroatoms. The number of fused-ring (bicyclic) bond motifs is 1. The zero-order valence-corrected chi connectivity index (χ0v) is 10.9. The minimum atomic E-state index is -4.18. The van der Waals surface area contributed by atoms with Crippen molar-refractivity contribution in [3.8, 4) is 0 Å². The second-order valence-corrected chi connectivity index (χ2v) is 5.56. The predicted octanol–water partition coefficient (Wildman–Crippen LogP) is -0.816. The highest BCUT2D eigenvalue weighted by Gasteiger charge is 2.18. The van der Waals surface area contributed by atoms with Crippen LogP contribution < -0.4 is 5.73 Å². The molecular weight excluding hydrogens is 275 g/mol. The lowest BCUT2D eigenvalue weighted by molar-refractivity contribution is 0.0868. The smallest absolute Gasteiger partial charge is 0.350 e. The molecule has 0 saturated heterocycles. The highest BCUT2D eigenvalue weighted by Crippen LogP contribution is 2.34. The summed E-state index contributed by atoms with van der Waals surface area (Å²) in [5.74, 6) is 0.680. The Morgan fingerprint density at radius 1 is 1.53 bits per heavy atom. The molecule has 0 amide bonds. The number of nitrogens with two attached hydrogens (primary N) is 1. The summed E-state index contributed by atoms with van der Waals surface area (Å²) in [5.41, 5.74) is 5.94. The van der Waals surface area contributed by atoms with E-state index in [2.05, 4.69) is 20.3 Å². The molecule has 2 aromatic rings. The second kappa shape index (κ2) is 5.17. The Hall–Kier alpha value is -1.61. The van der Waals surface area contributed by atoms with Crippen LogP contribution in [0.15, 0.2) is 6.33 Å². The topological polar surface area (TPSA) is 149 Å². The molecular formula is C8H13N6O4P. The molecule has 4 N–H and O–H groups in total. The van der Waals surface area contributed by atoms with E-state index in [1.165, 1.54) is 10.8 Å². The van der Waals surface area contributed by atoms with Gasteiger partial charge in [-0.25, -0.2) is 4.98 Å². The SMILES string of the molecule is C[C@H](Cc1nnc2c(N)ncnn12)OCP(=O)(O)O. The molecule has 0 fully saturated rings. The first-order chi connectivity index (χ1) is 8.87. The Morgan fingerprint density at radius 2 is 2.26 bits per heavy atom. The average Bonchev–Trinajstić information content (AvgIpc) is 2.71. The van der Waals surface area contributed by atoms with Gasteiger partial charge in [-0.2, -0.15) is 9.61 Å². The van der Waals surface area contributed by atoms with Gasteiger partial charge in [0.1, 0.15) is 12.7 Å². The maximum atomic E-state index is 10.7. The minimum absolute atomic E-state index is 0.206. The molecule has 0 unspecified atom stereocenters. The number of nitrogens with zero attached hydrogens (tertiary/aromatic N) is 5. The number of rotatable bonds is 5. The van der Waals surface area contributed by atoms with E-state index in [1.54, 1.807) is 6.92 Å². The molecule has 0 aliphatic carbocycles. The fourth-order valence-corrected chi connectivity index (χ4v) is 1.91. The van der Waals surface area contributed by atoms with E-state index in [1.807, 2.05) is 0 Å². The molecule has 0 spiro atoms. The Morgan fingerprint density at radius 3 is 2.95 bits per heavy atom. The molecule has 2 rings (SSSR count). The van der Waals surface area contributed by atoms with Gasteiger partial charge >= 0.3 is 7.60 Å². The molecule has 0 aliphatic heterocycles. The number of ether oxygens (including phenoxy) is 1. The Bertz CT molecular complexity index is 625. The lowest BCUT2D eigenvalue weighted by Crippen LogP contribution is -2.15. The number of hydrogen-bond donors (Lipinski definition) is 3. The van der Waals surface area contributed by atoms with E-state index in [4.69, 9.17) is 20.3 Å². The van der Waals surface area contributed by atoms with E-state index >= 15 is 0 Å². The molecule has 0 radical (unpaired) electrons. The lowest BCUT2D eigenvalue weighted by Gasteiger charge is -2.12. The van der Waals surface area contributed by atoms with Crippen LogP contribution in [0.25, 0.3) is 5.65 Å². The van der Waals surface area contributed by atoms with Gasteiger partial charge in [0, 0.05) is 6.42 Å². The summed E-state index contributed by atoms with van der Waals surface area (Å²) in [7, 11) is -4.18. The average molecular weight is 288 g/mol. The molecule has 0 bridgehead atoms. The van der Waals surface area contributed by atoms with Crippen LogP contribution in [0, 0.1) is 0 Å². The zero-order valence-electron chi connectivity index (χ0n) is 10.0. The molecule has 0 aliphatic rings. The van der Waals surface area contributed by atoms with Crippen molar-refractivity contribution in [2.24, 2.45) is 0 Å². The van der Waals surface area contributed by atoms with Crippen LogP contribution in [0.3, 0.4) is 0 Å². The monoisotopic (exact) mass is 288 g/mol. The normalized spacial score (nSPS) is 13.8. The van der Waals surface area contributed by atoms with Gasteiger partial charge in [-0.1, -0.05) is 0 Å². The number of aromatic nitrogens is 5. The molecule has 0 aromatic carbocycles. The van der Waals surface area contributed by atoms with Gasteiger partial charge in [0.2, 0.25) is 5.65 Å². The summed E-state index contributed by atoms with van der Waals surface area (Å²) in [6.07, 6.45) is 0.479. The van der Waals surface area contributed by atoms with Gasteiger partial charge in [-0.3, -0.25) is 4.57 Å². The zero-order chi connectivity index (χ0) is 14.0. The molecule has 104 valence electrons. The maximum absolute atomic E-state index is 10.7. The number of nitrogen functional groups attached to an aromatic ring is 1. The minimum Gasteiger partial charge on any atom is -0.380 e. The summed E-state index contributed by atoms with van der Waals surface area (Å²) in [5, 5.41) is 11.7. The fraction of sp³-hybridized carbons (Fsp3) is 0.500. The van der Waals surface area contributed by atoms with Crippen molar-refractivity contribution in [3.63, 3.8) is 0 Å². The van der Waals surface area contributed by atoms with Crippen LogP contribution in [-0.2, 0) is 15.7 Å². The van der Waals surface area contributed by atoms with E-state index in [0.717, 1.165) is 0 Å². The third kappa shape index (κ3) is 3.44. The van der Waals surface area contributed by atoms with Crippen molar-refractivity contribution in [3.05, 3.63) is 12.2 Å². The molecule has 1 atom stereocenters. The largest absolute Gasteiger partial charge is 0.380 e. The van der Waals surface area contributed by atoms with Crippen molar-refractivity contribution < 1.29 is 19.1 Å². The molecule has 2 heterocycles. The molecule has 10 nitrogen and oxygen atoms in total. The summed E-state index contributed by atoms with van der Waals surface area (Å²) in [6, 6.07) is 0. The standard InChI is InChI=1S/C8H13N6O4P/c1-5(18-4-19(15,16)17)2-6-12-13-8-7(9)10-3-11-14(6)8/h3,5H,2,4H2,1H3,(H2,9,10,11)(H2,15,16,17)/t5-/m1/s1. The Kier molecular flexibility index (Phi) is 3.76. The van der Waals surface area contributed by atoms with Crippen LogP contribution >= 0.6 is 7.60 Å². The van der Waals surface area contributed by atoms with Crippen LogP contribution in [0.1, 0.15) is 12.7 Å². The van der Waals surface area contributed by atoms with E-state index in [-0.39, 0.29) is 12.2 Å². The molecule has 0 saturated carbocycles. The quantitative estimate of drug-likeness (QED) is 0.600. The van der Waals surface area contributed by atoms with Gasteiger partial charge in [-0.15, -0.1) is 10.2 Å². The third-order valence-corrected chi connectivity index (χ3v) is 2.78. The maximum Gasteiger partial charge on any atom is 0.350 e. The highest BCUT2D eigenvalue weighted by atomic mass is 31.2. The van der Waals surface area contributed by atoms with Gasteiger partial charge in [0.25, 0.3) is 0 Å². The first kappa shape index (κ1) is 13.8. The van der Waals surface area contributed by atoms with Gasteiger partial charge in [0.05, 0.1) is 6.10 Å². The van der Waals surface area contributed by atoms with Crippen molar-refractivity contribution in [2.75, 3.05) is 12.1 Å². The molecule has 19 heavy (non-hydrogen) atoms. The predicted molar refractivity (Wildman–Crippen MR) is 64.2 cm³/mol. The van der Waals surface area contributed by atoms with Crippen LogP contribution in [0.5, 0.6) is 0 Å². The van der Waals surface area contributed by atoms with E-state index in [0.29, 0.717) is 11.5 Å². The third-order valence-electron chi connectivity index (χ3n) is 2.30. The van der Waals surface area contributed by atoms with Gasteiger partial charge < -0.3 is 20.3 Å². The second-order valence-electron chi connectivity index (χ2n) is 3.97. The van der Waals surface area contributed by atoms with Crippen molar-refractivity contribution in [2.45, 2.75) is 19.4 Å². The van der Waals surface area contributed by atoms with Crippen molar-refractivity contribution >= 4 is 19.1 Å². The Balaban J connectivity index is 2.09. The van der Waals surface area contributed by atoms with Crippen molar-refractivity contribution in [1.29, 1.82) is 0 Å². The van der Waals surface area contributed by atoms with Crippen molar-refractivity contribution in [1.82, 2.24) is 24.8 Å². The van der Waals surface area contributed by atoms with E-state index < -0.39 is 20.0 Å². The summed E-state index contributed by atoms with van der Waals surface area (Å²) < 4.78 is 17.2. The lowest BCUT2D eigenvalue weighted by atomic mass is 10.3. The first-order valence-corrected chi connectivity index (χ1v) is 7.13. The van der Waals surface area contributed by atoms with Crippen LogP contribution in [0.2, 0.25) is 0 Å². The fourth-order valence-electron chi connectivity index (χ4n) is 1.46. The first-order valence-electron chi connectivity index (χ1n) is 5.34. The molecule has 2 aromatic heterocycles. The summed E-state index contributed by atoms with van der Waals surface area (Å²) in [4.78, 5) is 21.2. The number of anilines is 1. The van der Waals surface area contributed by atoms with Crippen LogP contribution in [-0.4, -0.2) is 47.0 Å².